The second-order valence-electron chi connectivity index (χ2n) is 15.1. The first-order valence-corrected chi connectivity index (χ1v) is 22.6. The number of anilines is 2. The van der Waals surface area contributed by atoms with Crippen molar-refractivity contribution in [1.29, 1.82) is 0 Å². The highest BCUT2D eigenvalue weighted by atomic mass is 31.2. The Labute approximate surface area is 361 Å². The van der Waals surface area contributed by atoms with Gasteiger partial charge in [0.05, 0.1) is 26.1 Å². The lowest BCUT2D eigenvalue weighted by atomic mass is 10.1. The third kappa shape index (κ3) is 11.7. The van der Waals surface area contributed by atoms with Crippen LogP contribution in [0.15, 0.2) is 42.4 Å². The van der Waals surface area contributed by atoms with Crippen LogP contribution in [0, 0.1) is 0 Å². The van der Waals surface area contributed by atoms with Crippen molar-refractivity contribution in [1.82, 2.24) is 38.9 Å². The maximum absolute atomic E-state index is 14.3. The van der Waals surface area contributed by atoms with E-state index < -0.39 is 114 Å². The number of phosphoric ester groups is 2. The molecule has 3 fully saturated rings. The van der Waals surface area contributed by atoms with Gasteiger partial charge in [-0.15, -0.1) is 6.58 Å². The van der Waals surface area contributed by atoms with Crippen molar-refractivity contribution in [3.05, 3.63) is 48.1 Å². The number of imidazole rings is 1. The number of hydrogen-bond donors (Lipinski definition) is 7. The standard InChI is InChI=1S/C34H48F2N10O16P2/c1-3-4-6-22(47)43(2)18(7-11-44-10-5-9-34(35,36)15-44)32(50)61-26-19(59-31(24(26)48)46-17-41-23-28(38)39-16-40-29(23)46)14-58-64(55,56)62-27-20(13-57-63(52,53)54)60-30(25(27)49)45-12-8-21(37)42-33(45)51/h3,8,12,16-20,24-27,30-31,48-49H,1,4-7,9-11,13-15H2,2H3,(H,55,56)(H2,37,42,51)(H2,38,39,40)(H2,52,53,54)/t18-,19+,20+,24+,25+,26+,27+,30+,31+/m0/s1. The Bertz CT molecular complexity index is 2320. The number of aliphatic hydroxyl groups is 2. The van der Waals surface area contributed by atoms with Gasteiger partial charge in [-0.3, -0.25) is 32.4 Å². The minimum absolute atomic E-state index is 0.0433. The van der Waals surface area contributed by atoms with E-state index in [9.17, 15) is 57.2 Å². The summed E-state index contributed by atoms with van der Waals surface area (Å²) >= 11 is 0. The SMILES string of the molecule is C=CCCC(=O)N(C)[C@@H](CCN1CCCC(F)(F)C1)C(=O)O[C@H]1[C@@H](O)[C@H](n2cnc3c(N)ncnc32)O[C@@H]1COP(=O)(O)O[C@H]1[C@@H](O)[C@H](n2ccc(N)nc2=O)O[C@@H]1COP(=O)(O)O. The number of fused-ring (bicyclic) bond motifs is 1. The monoisotopic (exact) mass is 952 g/mol. The van der Waals surface area contributed by atoms with Gasteiger partial charge in [-0.25, -0.2) is 42.5 Å². The minimum Gasteiger partial charge on any atom is -0.455 e. The minimum atomic E-state index is -5.47. The molecule has 6 rings (SSSR count). The van der Waals surface area contributed by atoms with Crippen molar-refractivity contribution < 1.29 is 80.2 Å². The number of nitrogen functional groups attached to an aromatic ring is 2. The molecule has 0 bridgehead atoms. The highest BCUT2D eigenvalue weighted by Crippen LogP contribution is 2.50. The number of esters is 1. The van der Waals surface area contributed by atoms with Gasteiger partial charge in [0.15, 0.2) is 30.0 Å². The van der Waals surface area contributed by atoms with Gasteiger partial charge >= 0.3 is 27.3 Å². The maximum Gasteiger partial charge on any atom is 0.472 e. The third-order valence-electron chi connectivity index (χ3n) is 10.6. The molecule has 3 aliphatic rings. The molecule has 354 valence electrons. The summed E-state index contributed by atoms with van der Waals surface area (Å²) in [7, 11) is -9.35. The average Bonchev–Trinajstić information content (AvgIpc) is 3.88. The Kier molecular flexibility index (Phi) is 15.3. The fourth-order valence-electron chi connectivity index (χ4n) is 7.44. The quantitative estimate of drug-likeness (QED) is 0.0439. The lowest BCUT2D eigenvalue weighted by Crippen LogP contribution is -2.50. The molecule has 0 radical (unpaired) electrons. The Morgan fingerprint density at radius 1 is 1.06 bits per heavy atom. The van der Waals surface area contributed by atoms with Crippen molar-refractivity contribution >= 4 is 50.3 Å². The number of aromatic nitrogens is 6. The average molecular weight is 953 g/mol. The second kappa shape index (κ2) is 20.0. The zero-order chi connectivity index (χ0) is 46.7. The van der Waals surface area contributed by atoms with Crippen molar-refractivity contribution in [3.63, 3.8) is 0 Å². The summed E-state index contributed by atoms with van der Waals surface area (Å²) in [6.45, 7) is 1.20. The summed E-state index contributed by atoms with van der Waals surface area (Å²) in [5.74, 6) is -4.84. The van der Waals surface area contributed by atoms with Gasteiger partial charge in [0.1, 0.15) is 54.2 Å². The molecule has 26 nitrogen and oxygen atoms in total. The Morgan fingerprint density at radius 3 is 2.41 bits per heavy atom. The number of aliphatic hydroxyl groups excluding tert-OH is 2. The molecule has 10 atom stereocenters. The van der Waals surface area contributed by atoms with Gasteiger partial charge in [-0.2, -0.15) is 4.98 Å². The molecular formula is C34H48F2N10O16P2. The normalized spacial score (nSPS) is 27.6. The Hall–Kier alpha value is -4.41. The number of allylic oxidation sites excluding steroid dienone is 1. The van der Waals surface area contributed by atoms with E-state index >= 15 is 0 Å². The first kappa shape index (κ1) is 49.0. The highest BCUT2D eigenvalue weighted by Gasteiger charge is 2.52. The molecule has 3 aromatic rings. The van der Waals surface area contributed by atoms with E-state index in [0.29, 0.717) is 6.54 Å². The number of nitrogens with two attached hydrogens (primary N) is 2. The van der Waals surface area contributed by atoms with Gasteiger partial charge in [0, 0.05) is 32.6 Å². The molecule has 0 spiro atoms. The highest BCUT2D eigenvalue weighted by molar-refractivity contribution is 7.47. The van der Waals surface area contributed by atoms with Crippen molar-refractivity contribution in [2.75, 3.05) is 51.4 Å². The van der Waals surface area contributed by atoms with E-state index in [4.69, 9.17) is 34.7 Å². The molecule has 3 aromatic heterocycles. The molecule has 30 heteroatoms. The van der Waals surface area contributed by atoms with Crippen LogP contribution in [0.2, 0.25) is 0 Å². The summed E-state index contributed by atoms with van der Waals surface area (Å²) in [4.78, 5) is 87.7. The topological polar surface area (TPSA) is 362 Å². The largest absolute Gasteiger partial charge is 0.472 e. The molecule has 6 heterocycles. The number of piperidine rings is 1. The first-order chi connectivity index (χ1) is 30.1. The lowest BCUT2D eigenvalue weighted by molar-refractivity contribution is -0.165. The van der Waals surface area contributed by atoms with Crippen LogP contribution in [0.1, 0.15) is 44.6 Å². The number of hydrogen-bond acceptors (Lipinski definition) is 20. The number of rotatable bonds is 19. The van der Waals surface area contributed by atoms with Crippen LogP contribution < -0.4 is 17.2 Å². The van der Waals surface area contributed by atoms with Crippen LogP contribution in [0.4, 0.5) is 20.4 Å². The van der Waals surface area contributed by atoms with Gasteiger partial charge in [0.25, 0.3) is 5.92 Å². The van der Waals surface area contributed by atoms with Crippen LogP contribution in [0.25, 0.3) is 11.2 Å². The molecule has 3 saturated heterocycles. The van der Waals surface area contributed by atoms with E-state index in [1.54, 1.807) is 0 Å². The molecule has 3 aliphatic heterocycles. The number of carbonyl (C=O) groups excluding carboxylic acids is 2. The first-order valence-electron chi connectivity index (χ1n) is 19.6. The zero-order valence-electron chi connectivity index (χ0n) is 34.0. The lowest BCUT2D eigenvalue weighted by Gasteiger charge is -2.35. The van der Waals surface area contributed by atoms with Crippen LogP contribution in [0.3, 0.4) is 0 Å². The fraction of sp³-hybridized carbons (Fsp3) is 0.618. The number of likely N-dealkylation sites (N-methyl/N-ethyl adjacent to an activating group) is 1. The summed E-state index contributed by atoms with van der Waals surface area (Å²) < 4.78 is 88.1. The summed E-state index contributed by atoms with van der Waals surface area (Å²) in [6.07, 6.45) is -9.55. The molecule has 1 unspecified atom stereocenters. The van der Waals surface area contributed by atoms with Crippen LogP contribution in [-0.4, -0.2) is 164 Å². The number of phosphoric acid groups is 2. The number of nitrogens with zero attached hydrogens (tertiary/aromatic N) is 8. The molecule has 1 amide bonds. The molecule has 0 aliphatic carbocycles. The molecule has 9 N–H and O–H groups in total. The maximum atomic E-state index is 14.3. The van der Waals surface area contributed by atoms with Crippen LogP contribution in [-0.2, 0) is 46.5 Å². The predicted octanol–water partition coefficient (Wildman–Crippen LogP) is -0.798. The molecule has 0 saturated carbocycles. The molecular weight excluding hydrogens is 904 g/mol. The summed E-state index contributed by atoms with van der Waals surface area (Å²) in [5, 5.41) is 22.9. The van der Waals surface area contributed by atoms with E-state index in [-0.39, 0.29) is 61.4 Å². The van der Waals surface area contributed by atoms with Crippen LogP contribution in [0.5, 0.6) is 0 Å². The van der Waals surface area contributed by atoms with Gasteiger partial charge < -0.3 is 55.5 Å². The molecule has 0 aromatic carbocycles. The number of halogens is 2. The van der Waals surface area contributed by atoms with Gasteiger partial charge in [-0.1, -0.05) is 6.08 Å². The van der Waals surface area contributed by atoms with Crippen LogP contribution >= 0.6 is 15.6 Å². The smallest absolute Gasteiger partial charge is 0.455 e. The number of alkyl halides is 2. The van der Waals surface area contributed by atoms with E-state index in [2.05, 4.69) is 31.0 Å². The zero-order valence-corrected chi connectivity index (χ0v) is 35.8. The van der Waals surface area contributed by atoms with E-state index in [1.807, 2.05) is 0 Å². The van der Waals surface area contributed by atoms with Crippen molar-refractivity contribution in [2.24, 2.45) is 0 Å². The van der Waals surface area contributed by atoms with Crippen molar-refractivity contribution in [3.8, 4) is 0 Å². The number of amides is 1. The predicted molar refractivity (Wildman–Crippen MR) is 212 cm³/mol. The van der Waals surface area contributed by atoms with Gasteiger partial charge in [0.2, 0.25) is 5.91 Å². The third-order valence-corrected chi connectivity index (χ3v) is 12.1. The Balaban J connectivity index is 1.25. The number of carbonyl (C=O) groups is 2. The Morgan fingerprint density at radius 2 is 1.73 bits per heavy atom. The number of likely N-dealkylation sites (tertiary alicyclic amines) is 1. The molecule has 64 heavy (non-hydrogen) atoms. The fourth-order valence-corrected chi connectivity index (χ4v) is 8.75. The van der Waals surface area contributed by atoms with Gasteiger partial charge in [-0.05, 0) is 31.9 Å². The van der Waals surface area contributed by atoms with E-state index in [1.165, 1.54) is 28.9 Å². The van der Waals surface area contributed by atoms with Crippen molar-refractivity contribution in [2.45, 2.75) is 93.1 Å². The summed E-state index contributed by atoms with van der Waals surface area (Å²) in [5.41, 5.74) is 10.6. The summed E-state index contributed by atoms with van der Waals surface area (Å²) in [6, 6.07) is -0.243. The second-order valence-corrected chi connectivity index (χ2v) is 17.8. The van der Waals surface area contributed by atoms with E-state index in [0.717, 1.165) is 28.1 Å². The number of ether oxygens (including phenoxy) is 3.